The van der Waals surface area contributed by atoms with Crippen LogP contribution in [-0.4, -0.2) is 25.9 Å². The van der Waals surface area contributed by atoms with E-state index in [9.17, 15) is 23.3 Å². The third-order valence-corrected chi connectivity index (χ3v) is 5.49. The average Bonchev–Trinajstić information content (AvgIpc) is 2.64. The zero-order valence-corrected chi connectivity index (χ0v) is 17.4. The van der Waals surface area contributed by atoms with Crippen molar-refractivity contribution in [2.75, 3.05) is 6.61 Å². The number of sulfonamides is 1. The number of nitro benzene ring substituents is 1. The van der Waals surface area contributed by atoms with Crippen molar-refractivity contribution in [1.29, 1.82) is 0 Å². The molecule has 0 radical (unpaired) electrons. The summed E-state index contributed by atoms with van der Waals surface area (Å²) < 4.78 is 29.9. The molecule has 10 heteroatoms. The number of carbonyl (C=O) groups excluding carboxylic acids is 1. The highest BCUT2D eigenvalue weighted by Gasteiger charge is 2.20. The summed E-state index contributed by atoms with van der Waals surface area (Å²) in [5.74, 6) is 0.124. The van der Waals surface area contributed by atoms with Crippen LogP contribution in [0.1, 0.15) is 36.5 Å². The molecule has 2 aromatic rings. The zero-order valence-electron chi connectivity index (χ0n) is 16.6. The van der Waals surface area contributed by atoms with E-state index in [2.05, 4.69) is 13.8 Å². The first-order chi connectivity index (χ1) is 13.5. The second kappa shape index (κ2) is 9.01. The van der Waals surface area contributed by atoms with Gasteiger partial charge in [0.15, 0.2) is 6.61 Å². The van der Waals surface area contributed by atoms with Crippen molar-refractivity contribution in [3.8, 4) is 5.75 Å². The first-order valence-corrected chi connectivity index (χ1v) is 10.3. The van der Waals surface area contributed by atoms with Crippen molar-refractivity contribution in [3.63, 3.8) is 0 Å². The molecule has 0 unspecified atom stereocenters. The molecule has 0 aliphatic rings. The highest BCUT2D eigenvalue weighted by atomic mass is 32.2. The molecule has 2 aromatic carbocycles. The third kappa shape index (κ3) is 5.75. The Morgan fingerprint density at radius 1 is 1.14 bits per heavy atom. The van der Waals surface area contributed by atoms with Crippen molar-refractivity contribution >= 4 is 21.6 Å². The number of nitro groups is 1. The van der Waals surface area contributed by atoms with Gasteiger partial charge in [0.2, 0.25) is 0 Å². The number of hydrogen-bond donors (Lipinski definition) is 2. The van der Waals surface area contributed by atoms with Gasteiger partial charge in [-0.2, -0.15) is 0 Å². The Labute approximate surface area is 169 Å². The largest absolute Gasteiger partial charge is 0.484 e. The summed E-state index contributed by atoms with van der Waals surface area (Å²) in [6.45, 7) is 7.18. The van der Waals surface area contributed by atoms with Gasteiger partial charge in [-0.25, -0.2) is 8.42 Å². The first-order valence-electron chi connectivity index (χ1n) is 8.80. The smallest absolute Gasteiger partial charge is 0.273 e. The van der Waals surface area contributed by atoms with Crippen LogP contribution in [0.4, 0.5) is 5.69 Å². The molecule has 2 rings (SSSR count). The number of rotatable bonds is 8. The van der Waals surface area contributed by atoms with Gasteiger partial charge in [0, 0.05) is 11.6 Å². The van der Waals surface area contributed by atoms with Crippen LogP contribution in [0.5, 0.6) is 5.75 Å². The Hall–Kier alpha value is -2.98. The maximum absolute atomic E-state index is 12.3. The Balaban J connectivity index is 1.97. The Morgan fingerprint density at radius 3 is 2.41 bits per heavy atom. The minimum absolute atomic E-state index is 0.324. The number of carbonyl (C=O) groups is 1. The lowest BCUT2D eigenvalue weighted by Gasteiger charge is -2.13. The maximum Gasteiger partial charge on any atom is 0.273 e. The average molecular weight is 421 g/mol. The Morgan fingerprint density at radius 2 is 1.83 bits per heavy atom. The molecule has 1 amide bonds. The molecule has 29 heavy (non-hydrogen) atoms. The Bertz CT molecular complexity index is 1030. The van der Waals surface area contributed by atoms with Gasteiger partial charge in [-0.1, -0.05) is 26.0 Å². The van der Waals surface area contributed by atoms with Crippen LogP contribution in [0.2, 0.25) is 0 Å². The number of hydrogen-bond acceptors (Lipinski definition) is 6. The van der Waals surface area contributed by atoms with Crippen LogP contribution in [-0.2, 0) is 14.8 Å². The summed E-state index contributed by atoms with van der Waals surface area (Å²) in [7, 11) is -4.17. The SMILES string of the molecule is Cc1cc(OCC(=O)NNS(=O)(=O)c2ccc(C)c([N+](=O)[O-])c2)ccc1C(C)C. The molecule has 0 aliphatic heterocycles. The lowest BCUT2D eigenvalue weighted by molar-refractivity contribution is -0.385. The van der Waals surface area contributed by atoms with Crippen molar-refractivity contribution in [2.45, 2.75) is 38.5 Å². The molecule has 0 spiro atoms. The number of nitrogens with zero attached hydrogens (tertiary/aromatic N) is 1. The van der Waals surface area contributed by atoms with Crippen LogP contribution in [0.3, 0.4) is 0 Å². The summed E-state index contributed by atoms with van der Waals surface area (Å²) in [4.78, 5) is 23.8. The predicted molar refractivity (Wildman–Crippen MR) is 107 cm³/mol. The molecular weight excluding hydrogens is 398 g/mol. The second-order valence-corrected chi connectivity index (χ2v) is 8.50. The van der Waals surface area contributed by atoms with E-state index in [0.717, 1.165) is 11.6 Å². The summed E-state index contributed by atoms with van der Waals surface area (Å²) in [5, 5.41) is 11.0. The zero-order chi connectivity index (χ0) is 21.8. The van der Waals surface area contributed by atoms with Gasteiger partial charge < -0.3 is 4.74 Å². The monoisotopic (exact) mass is 421 g/mol. The summed E-state index contributed by atoms with van der Waals surface area (Å²) in [6, 6.07) is 8.93. The van der Waals surface area contributed by atoms with Crippen molar-refractivity contribution in [1.82, 2.24) is 10.3 Å². The summed E-state index contributed by atoms with van der Waals surface area (Å²) >= 11 is 0. The van der Waals surface area contributed by atoms with E-state index in [4.69, 9.17) is 4.74 Å². The standard InChI is InChI=1S/C19H23N3O6S/c1-12(2)17-8-6-15(9-14(17)4)28-11-19(23)20-21-29(26,27)16-7-5-13(3)18(10-16)22(24)25/h5-10,12,21H,11H2,1-4H3,(H,20,23). The van der Waals surface area contributed by atoms with Gasteiger partial charge in [0.1, 0.15) is 5.75 Å². The number of amides is 1. The molecule has 0 atom stereocenters. The lowest BCUT2D eigenvalue weighted by atomic mass is 9.98. The molecule has 156 valence electrons. The van der Waals surface area contributed by atoms with E-state index < -0.39 is 27.5 Å². The van der Waals surface area contributed by atoms with Gasteiger partial charge >= 0.3 is 0 Å². The van der Waals surface area contributed by atoms with Crippen molar-refractivity contribution < 1.29 is 22.9 Å². The Kier molecular flexibility index (Phi) is 6.93. The minimum Gasteiger partial charge on any atom is -0.484 e. The lowest BCUT2D eigenvalue weighted by Crippen LogP contribution is -2.43. The number of ether oxygens (including phenoxy) is 1. The fraction of sp³-hybridized carbons (Fsp3) is 0.316. The third-order valence-electron chi connectivity index (χ3n) is 4.25. The number of aryl methyl sites for hydroxylation is 2. The van der Waals surface area contributed by atoms with Crippen LogP contribution in [0.15, 0.2) is 41.3 Å². The molecule has 2 N–H and O–H groups in total. The van der Waals surface area contributed by atoms with Crippen LogP contribution in [0, 0.1) is 24.0 Å². The highest BCUT2D eigenvalue weighted by molar-refractivity contribution is 7.89. The fourth-order valence-corrected chi connectivity index (χ4v) is 3.59. The molecule has 0 aromatic heterocycles. The van der Waals surface area contributed by atoms with E-state index in [-0.39, 0.29) is 10.6 Å². The molecule has 0 fully saturated rings. The van der Waals surface area contributed by atoms with E-state index in [1.165, 1.54) is 24.6 Å². The predicted octanol–water partition coefficient (Wildman–Crippen LogP) is 2.72. The second-order valence-electron chi connectivity index (χ2n) is 6.82. The highest BCUT2D eigenvalue weighted by Crippen LogP contribution is 2.24. The van der Waals surface area contributed by atoms with Gasteiger partial charge in [0.05, 0.1) is 9.82 Å². The molecular formula is C19H23N3O6S. The van der Waals surface area contributed by atoms with Gasteiger partial charge in [-0.05, 0) is 49.1 Å². The fourth-order valence-electron chi connectivity index (χ4n) is 2.71. The van der Waals surface area contributed by atoms with E-state index in [1.807, 2.05) is 23.2 Å². The molecule has 0 saturated heterocycles. The topological polar surface area (TPSA) is 128 Å². The summed E-state index contributed by atoms with van der Waals surface area (Å²) in [5.41, 5.74) is 4.22. The molecule has 0 bridgehead atoms. The molecule has 0 saturated carbocycles. The van der Waals surface area contributed by atoms with E-state index in [0.29, 0.717) is 17.2 Å². The van der Waals surface area contributed by atoms with Crippen LogP contribution in [0.25, 0.3) is 0 Å². The van der Waals surface area contributed by atoms with Crippen LogP contribution >= 0.6 is 0 Å². The minimum atomic E-state index is -4.17. The quantitative estimate of drug-likeness (QED) is 0.498. The molecule has 9 nitrogen and oxygen atoms in total. The maximum atomic E-state index is 12.3. The van der Waals surface area contributed by atoms with E-state index >= 15 is 0 Å². The van der Waals surface area contributed by atoms with E-state index in [1.54, 1.807) is 12.1 Å². The van der Waals surface area contributed by atoms with Crippen LogP contribution < -0.4 is 15.0 Å². The number of hydrazine groups is 1. The van der Waals surface area contributed by atoms with Gasteiger partial charge in [0.25, 0.3) is 21.6 Å². The van der Waals surface area contributed by atoms with Gasteiger partial charge in [-0.3, -0.25) is 20.3 Å². The summed E-state index contributed by atoms with van der Waals surface area (Å²) in [6.07, 6.45) is 0. The van der Waals surface area contributed by atoms with Gasteiger partial charge in [-0.15, -0.1) is 4.83 Å². The normalized spacial score (nSPS) is 11.3. The van der Waals surface area contributed by atoms with Crippen molar-refractivity contribution in [2.24, 2.45) is 0 Å². The molecule has 0 heterocycles. The number of nitrogens with one attached hydrogen (secondary N) is 2. The molecule has 0 aliphatic carbocycles. The first kappa shape index (κ1) is 22.3. The van der Waals surface area contributed by atoms with Crippen molar-refractivity contribution in [3.05, 3.63) is 63.2 Å². The number of benzene rings is 2.